The minimum absolute atomic E-state index is 0.178. The molecule has 0 amide bonds. The van der Waals surface area contributed by atoms with Crippen LogP contribution >= 0.6 is 0 Å². The van der Waals surface area contributed by atoms with Gasteiger partial charge in [-0.05, 0) is 13.3 Å². The lowest BCUT2D eigenvalue weighted by Gasteiger charge is -1.96. The van der Waals surface area contributed by atoms with E-state index >= 15 is 0 Å². The van der Waals surface area contributed by atoms with Gasteiger partial charge >= 0.3 is 0 Å². The summed E-state index contributed by atoms with van der Waals surface area (Å²) in [6.07, 6.45) is 2.38. The summed E-state index contributed by atoms with van der Waals surface area (Å²) in [7, 11) is -2.81. The molecule has 0 N–H and O–H groups in total. The lowest BCUT2D eigenvalue weighted by molar-refractivity contribution is 0.596. The fraction of sp³-hybridized carbons (Fsp3) is 0.600. The van der Waals surface area contributed by atoms with Gasteiger partial charge in [0, 0.05) is 5.41 Å². The first-order chi connectivity index (χ1) is 3.63. The summed E-state index contributed by atoms with van der Waals surface area (Å²) in [6, 6.07) is 0. The van der Waals surface area contributed by atoms with Crippen LogP contribution in [0, 0.1) is 0 Å². The van der Waals surface area contributed by atoms with Crippen molar-refractivity contribution in [1.82, 2.24) is 0 Å². The van der Waals surface area contributed by atoms with E-state index in [1.807, 2.05) is 0 Å². The van der Waals surface area contributed by atoms with Crippen molar-refractivity contribution in [3.63, 3.8) is 0 Å². The van der Waals surface area contributed by atoms with Gasteiger partial charge in [-0.3, -0.25) is 0 Å². The zero-order chi connectivity index (χ0) is 6.20. The molecule has 1 unspecified atom stereocenters. The summed E-state index contributed by atoms with van der Waals surface area (Å²) >= 11 is 0. The number of hydrogen-bond acceptors (Lipinski definition) is 2. The third-order valence-corrected chi connectivity index (χ3v) is 3.20. The Kier molecular flexibility index (Phi) is 1.15. The van der Waals surface area contributed by atoms with E-state index in [4.69, 9.17) is 0 Å². The number of sulfone groups is 1. The van der Waals surface area contributed by atoms with E-state index in [1.54, 1.807) is 13.0 Å². The Labute approximate surface area is 49.1 Å². The SMILES string of the molecule is CC1CC=CS1(=O)=O. The van der Waals surface area contributed by atoms with Gasteiger partial charge in [-0.25, -0.2) is 8.42 Å². The summed E-state index contributed by atoms with van der Waals surface area (Å²) in [5.41, 5.74) is 0. The monoisotopic (exact) mass is 132 g/mol. The molecule has 0 bridgehead atoms. The van der Waals surface area contributed by atoms with Gasteiger partial charge in [0.15, 0.2) is 9.84 Å². The van der Waals surface area contributed by atoms with E-state index in [1.165, 1.54) is 5.41 Å². The molecular formula is C5H8O2S. The van der Waals surface area contributed by atoms with Crippen molar-refractivity contribution in [2.45, 2.75) is 18.6 Å². The molecule has 0 aromatic heterocycles. The molecule has 1 rings (SSSR count). The highest BCUT2D eigenvalue weighted by Crippen LogP contribution is 2.15. The van der Waals surface area contributed by atoms with Crippen LogP contribution in [0.4, 0.5) is 0 Å². The standard InChI is InChI=1S/C5H8O2S/c1-5-3-2-4-8(5,6)7/h2,4-5H,3H2,1H3. The summed E-state index contributed by atoms with van der Waals surface area (Å²) < 4.78 is 21.3. The molecule has 0 spiro atoms. The van der Waals surface area contributed by atoms with Crippen molar-refractivity contribution < 1.29 is 8.42 Å². The summed E-state index contributed by atoms with van der Waals surface area (Å²) in [6.45, 7) is 1.72. The molecule has 2 nitrogen and oxygen atoms in total. The average Bonchev–Trinajstić information content (AvgIpc) is 1.86. The highest BCUT2D eigenvalue weighted by Gasteiger charge is 2.20. The van der Waals surface area contributed by atoms with Crippen molar-refractivity contribution in [2.75, 3.05) is 0 Å². The predicted octanol–water partition coefficient (Wildman–Crippen LogP) is 0.707. The fourth-order valence-corrected chi connectivity index (χ4v) is 1.68. The molecule has 0 aromatic carbocycles. The molecule has 3 heteroatoms. The molecule has 1 atom stereocenters. The molecule has 46 valence electrons. The normalized spacial score (nSPS) is 33.4. The van der Waals surface area contributed by atoms with E-state index in [0.717, 1.165) is 0 Å². The molecule has 1 aliphatic rings. The van der Waals surface area contributed by atoms with Gasteiger partial charge in [0.1, 0.15) is 0 Å². The van der Waals surface area contributed by atoms with E-state index in [0.29, 0.717) is 6.42 Å². The molecule has 1 heterocycles. The molecular weight excluding hydrogens is 124 g/mol. The number of allylic oxidation sites excluding steroid dienone is 1. The molecule has 0 aliphatic carbocycles. The summed E-state index contributed by atoms with van der Waals surface area (Å²) in [5, 5.41) is 1.11. The average molecular weight is 132 g/mol. The second kappa shape index (κ2) is 1.58. The largest absolute Gasteiger partial charge is 0.224 e. The second-order valence-electron chi connectivity index (χ2n) is 2.01. The lowest BCUT2D eigenvalue weighted by Crippen LogP contribution is -2.07. The maximum atomic E-state index is 10.7. The maximum absolute atomic E-state index is 10.7. The molecule has 0 fully saturated rings. The zero-order valence-corrected chi connectivity index (χ0v) is 5.48. The van der Waals surface area contributed by atoms with Crippen LogP contribution in [-0.2, 0) is 9.84 Å². The van der Waals surface area contributed by atoms with Gasteiger partial charge in [-0.1, -0.05) is 6.08 Å². The Morgan fingerprint density at radius 3 is 2.38 bits per heavy atom. The molecule has 0 radical (unpaired) electrons. The summed E-state index contributed by atoms with van der Waals surface area (Å²) in [5.74, 6) is 0. The number of rotatable bonds is 0. The first-order valence-corrected chi connectivity index (χ1v) is 4.14. The van der Waals surface area contributed by atoms with Crippen LogP contribution in [0.5, 0.6) is 0 Å². The van der Waals surface area contributed by atoms with Gasteiger partial charge in [0.2, 0.25) is 0 Å². The Morgan fingerprint density at radius 2 is 2.25 bits per heavy atom. The van der Waals surface area contributed by atoms with Crippen molar-refractivity contribution in [3.05, 3.63) is 11.5 Å². The first kappa shape index (κ1) is 5.82. The topological polar surface area (TPSA) is 34.1 Å². The first-order valence-electron chi connectivity index (χ1n) is 2.53. The Balaban J connectivity index is 3.01. The Bertz CT molecular complexity index is 200. The fourth-order valence-electron chi connectivity index (χ4n) is 0.650. The minimum atomic E-state index is -2.81. The second-order valence-corrected chi connectivity index (χ2v) is 4.26. The third-order valence-electron chi connectivity index (χ3n) is 1.31. The van der Waals surface area contributed by atoms with Crippen LogP contribution < -0.4 is 0 Å². The van der Waals surface area contributed by atoms with Gasteiger partial charge in [0.05, 0.1) is 5.25 Å². The van der Waals surface area contributed by atoms with Gasteiger partial charge in [0.25, 0.3) is 0 Å². The Hall–Kier alpha value is -0.310. The minimum Gasteiger partial charge on any atom is -0.224 e. The molecule has 1 aliphatic heterocycles. The highest BCUT2D eigenvalue weighted by molar-refractivity contribution is 7.95. The van der Waals surface area contributed by atoms with E-state index in [2.05, 4.69) is 0 Å². The zero-order valence-electron chi connectivity index (χ0n) is 4.66. The van der Waals surface area contributed by atoms with Crippen LogP contribution in [-0.4, -0.2) is 13.7 Å². The van der Waals surface area contributed by atoms with E-state index < -0.39 is 9.84 Å². The van der Waals surface area contributed by atoms with E-state index in [-0.39, 0.29) is 5.25 Å². The van der Waals surface area contributed by atoms with Crippen molar-refractivity contribution in [1.29, 1.82) is 0 Å². The lowest BCUT2D eigenvalue weighted by atomic mass is 10.3. The summed E-state index contributed by atoms with van der Waals surface area (Å²) in [4.78, 5) is 0. The maximum Gasteiger partial charge on any atom is 0.174 e. The predicted molar refractivity (Wildman–Crippen MR) is 32.1 cm³/mol. The quantitative estimate of drug-likeness (QED) is 0.486. The van der Waals surface area contributed by atoms with Crippen LogP contribution in [0.25, 0.3) is 0 Å². The van der Waals surface area contributed by atoms with E-state index in [9.17, 15) is 8.42 Å². The van der Waals surface area contributed by atoms with Gasteiger partial charge in [-0.2, -0.15) is 0 Å². The van der Waals surface area contributed by atoms with Crippen LogP contribution in [0.15, 0.2) is 11.5 Å². The van der Waals surface area contributed by atoms with Crippen molar-refractivity contribution >= 4 is 9.84 Å². The van der Waals surface area contributed by atoms with Crippen molar-refractivity contribution in [2.24, 2.45) is 0 Å². The molecule has 0 saturated heterocycles. The van der Waals surface area contributed by atoms with Crippen LogP contribution in [0.3, 0.4) is 0 Å². The molecule has 0 aromatic rings. The van der Waals surface area contributed by atoms with Crippen LogP contribution in [0.1, 0.15) is 13.3 Å². The molecule has 0 saturated carbocycles. The third kappa shape index (κ3) is 0.777. The van der Waals surface area contributed by atoms with Crippen molar-refractivity contribution in [3.8, 4) is 0 Å². The Morgan fingerprint density at radius 1 is 1.62 bits per heavy atom. The smallest absolute Gasteiger partial charge is 0.174 e. The van der Waals surface area contributed by atoms with Gasteiger partial charge in [-0.15, -0.1) is 0 Å². The van der Waals surface area contributed by atoms with Crippen LogP contribution in [0.2, 0.25) is 0 Å². The number of hydrogen-bond donors (Lipinski definition) is 0. The highest BCUT2D eigenvalue weighted by atomic mass is 32.2. The molecule has 8 heavy (non-hydrogen) atoms. The van der Waals surface area contributed by atoms with Gasteiger partial charge < -0.3 is 0 Å².